The standard InChI is InChI=1S/C11H17NOS/c1-8(2)4-5-11(13)6-10-7-14-9(3)12-10/h7,11,13H,1,4-6H2,2-3H3. The molecule has 0 amide bonds. The van der Waals surface area contributed by atoms with E-state index in [9.17, 15) is 5.11 Å². The number of aliphatic hydroxyl groups excluding tert-OH is 1. The molecule has 3 heteroatoms. The van der Waals surface area contributed by atoms with Gasteiger partial charge in [0.15, 0.2) is 0 Å². The average molecular weight is 211 g/mol. The molecule has 0 saturated heterocycles. The van der Waals surface area contributed by atoms with Crippen LogP contribution in [0, 0.1) is 6.92 Å². The van der Waals surface area contributed by atoms with E-state index >= 15 is 0 Å². The van der Waals surface area contributed by atoms with Crippen molar-refractivity contribution in [2.75, 3.05) is 0 Å². The highest BCUT2D eigenvalue weighted by molar-refractivity contribution is 7.09. The van der Waals surface area contributed by atoms with Gasteiger partial charge in [-0.25, -0.2) is 4.98 Å². The predicted molar refractivity (Wildman–Crippen MR) is 60.6 cm³/mol. The van der Waals surface area contributed by atoms with Crippen LogP contribution >= 0.6 is 11.3 Å². The Morgan fingerprint density at radius 1 is 1.71 bits per heavy atom. The Morgan fingerprint density at radius 3 is 2.93 bits per heavy atom. The summed E-state index contributed by atoms with van der Waals surface area (Å²) in [5.74, 6) is 0. The Balaban J connectivity index is 2.33. The number of hydrogen-bond donors (Lipinski definition) is 1. The van der Waals surface area contributed by atoms with Crippen LogP contribution in [-0.4, -0.2) is 16.2 Å². The fraction of sp³-hybridized carbons (Fsp3) is 0.545. The summed E-state index contributed by atoms with van der Waals surface area (Å²) in [6, 6.07) is 0. The van der Waals surface area contributed by atoms with Gasteiger partial charge in [-0.05, 0) is 26.7 Å². The monoisotopic (exact) mass is 211 g/mol. The molecule has 0 spiro atoms. The molecule has 1 atom stereocenters. The Labute approximate surface area is 89.3 Å². The van der Waals surface area contributed by atoms with Gasteiger partial charge in [-0.3, -0.25) is 0 Å². The lowest BCUT2D eigenvalue weighted by Crippen LogP contribution is -2.10. The summed E-state index contributed by atoms with van der Waals surface area (Å²) in [6.07, 6.45) is 2.06. The highest BCUT2D eigenvalue weighted by Crippen LogP contribution is 2.13. The zero-order valence-electron chi connectivity index (χ0n) is 8.79. The predicted octanol–water partition coefficient (Wildman–Crippen LogP) is 2.71. The van der Waals surface area contributed by atoms with Crippen molar-refractivity contribution in [1.82, 2.24) is 4.98 Å². The van der Waals surface area contributed by atoms with E-state index < -0.39 is 0 Å². The number of aliphatic hydroxyl groups is 1. The van der Waals surface area contributed by atoms with Crippen molar-refractivity contribution in [1.29, 1.82) is 0 Å². The molecule has 0 aromatic carbocycles. The fourth-order valence-electron chi connectivity index (χ4n) is 1.26. The molecule has 0 radical (unpaired) electrons. The third-order valence-corrected chi connectivity index (χ3v) is 2.84. The van der Waals surface area contributed by atoms with Gasteiger partial charge in [0.05, 0.1) is 16.8 Å². The van der Waals surface area contributed by atoms with Crippen LogP contribution in [0.3, 0.4) is 0 Å². The van der Waals surface area contributed by atoms with Gasteiger partial charge in [-0.15, -0.1) is 17.9 Å². The van der Waals surface area contributed by atoms with Crippen molar-refractivity contribution >= 4 is 11.3 Å². The normalized spacial score (nSPS) is 12.8. The number of rotatable bonds is 5. The van der Waals surface area contributed by atoms with Crippen LogP contribution in [0.1, 0.15) is 30.5 Å². The second-order valence-electron chi connectivity index (χ2n) is 3.71. The van der Waals surface area contributed by atoms with Crippen LogP contribution in [0.2, 0.25) is 0 Å². The first-order chi connectivity index (χ1) is 6.58. The van der Waals surface area contributed by atoms with Crippen molar-refractivity contribution in [2.45, 2.75) is 39.2 Å². The largest absolute Gasteiger partial charge is 0.393 e. The number of hydrogen-bond acceptors (Lipinski definition) is 3. The molecule has 0 aliphatic carbocycles. The molecule has 1 unspecified atom stereocenters. The van der Waals surface area contributed by atoms with Gasteiger partial charge in [-0.2, -0.15) is 0 Å². The van der Waals surface area contributed by atoms with Crippen LogP contribution in [0.4, 0.5) is 0 Å². The van der Waals surface area contributed by atoms with Gasteiger partial charge in [-0.1, -0.05) is 5.57 Å². The first-order valence-corrected chi connectivity index (χ1v) is 5.69. The first-order valence-electron chi connectivity index (χ1n) is 4.81. The molecule has 0 bridgehead atoms. The second kappa shape index (κ2) is 5.27. The van der Waals surface area contributed by atoms with Crippen molar-refractivity contribution in [3.63, 3.8) is 0 Å². The van der Waals surface area contributed by atoms with Gasteiger partial charge < -0.3 is 5.11 Å². The molecule has 0 saturated carbocycles. The maximum atomic E-state index is 9.68. The zero-order valence-corrected chi connectivity index (χ0v) is 9.60. The van der Waals surface area contributed by atoms with E-state index in [0.717, 1.165) is 29.1 Å². The van der Waals surface area contributed by atoms with Gasteiger partial charge >= 0.3 is 0 Å². The topological polar surface area (TPSA) is 33.1 Å². The summed E-state index contributed by atoms with van der Waals surface area (Å²) in [4.78, 5) is 4.31. The molecule has 1 heterocycles. The molecule has 2 nitrogen and oxygen atoms in total. The van der Waals surface area contributed by atoms with Crippen molar-refractivity contribution in [3.05, 3.63) is 28.2 Å². The molecule has 0 aliphatic rings. The van der Waals surface area contributed by atoms with Gasteiger partial charge in [0.2, 0.25) is 0 Å². The Hall–Kier alpha value is -0.670. The molecule has 1 aromatic heterocycles. The van der Waals surface area contributed by atoms with Crippen LogP contribution in [0.5, 0.6) is 0 Å². The summed E-state index contributed by atoms with van der Waals surface area (Å²) >= 11 is 1.63. The molecule has 1 N–H and O–H groups in total. The van der Waals surface area contributed by atoms with Crippen molar-refractivity contribution < 1.29 is 5.11 Å². The lowest BCUT2D eigenvalue weighted by molar-refractivity contribution is 0.164. The molecule has 1 aromatic rings. The quantitative estimate of drug-likeness (QED) is 0.760. The minimum atomic E-state index is -0.284. The highest BCUT2D eigenvalue weighted by atomic mass is 32.1. The van der Waals surface area contributed by atoms with E-state index in [-0.39, 0.29) is 6.10 Å². The third kappa shape index (κ3) is 4.03. The van der Waals surface area contributed by atoms with Crippen molar-refractivity contribution in [3.8, 4) is 0 Å². The summed E-state index contributed by atoms with van der Waals surface area (Å²) in [7, 11) is 0. The molecule has 0 aliphatic heterocycles. The lowest BCUT2D eigenvalue weighted by atomic mass is 10.1. The Morgan fingerprint density at radius 2 is 2.43 bits per heavy atom. The molecule has 14 heavy (non-hydrogen) atoms. The van der Waals surface area contributed by atoms with E-state index in [4.69, 9.17) is 0 Å². The third-order valence-electron chi connectivity index (χ3n) is 2.02. The maximum absolute atomic E-state index is 9.68. The van der Waals surface area contributed by atoms with Crippen molar-refractivity contribution in [2.24, 2.45) is 0 Å². The van der Waals surface area contributed by atoms with E-state index in [0.29, 0.717) is 6.42 Å². The minimum absolute atomic E-state index is 0.284. The lowest BCUT2D eigenvalue weighted by Gasteiger charge is -2.08. The highest BCUT2D eigenvalue weighted by Gasteiger charge is 2.07. The Bertz CT molecular complexity index is 306. The van der Waals surface area contributed by atoms with E-state index in [1.165, 1.54) is 0 Å². The van der Waals surface area contributed by atoms with Crippen LogP contribution in [0.15, 0.2) is 17.5 Å². The van der Waals surface area contributed by atoms with E-state index in [1.807, 2.05) is 19.2 Å². The van der Waals surface area contributed by atoms with Gasteiger partial charge in [0.1, 0.15) is 0 Å². The SMILES string of the molecule is C=C(C)CCC(O)Cc1csc(C)n1. The number of allylic oxidation sites excluding steroid dienone is 1. The van der Waals surface area contributed by atoms with Gasteiger partial charge in [0, 0.05) is 11.8 Å². The Kier molecular flexibility index (Phi) is 4.29. The van der Waals surface area contributed by atoms with Crippen LogP contribution in [0.25, 0.3) is 0 Å². The molecule has 0 fully saturated rings. The van der Waals surface area contributed by atoms with E-state index in [1.54, 1.807) is 11.3 Å². The first kappa shape index (κ1) is 11.4. The zero-order chi connectivity index (χ0) is 10.6. The summed E-state index contributed by atoms with van der Waals surface area (Å²) in [5, 5.41) is 12.8. The smallest absolute Gasteiger partial charge is 0.0897 e. The van der Waals surface area contributed by atoms with Crippen LogP contribution in [-0.2, 0) is 6.42 Å². The number of thiazole rings is 1. The fourth-order valence-corrected chi connectivity index (χ4v) is 1.88. The minimum Gasteiger partial charge on any atom is -0.393 e. The molecular weight excluding hydrogens is 194 g/mol. The average Bonchev–Trinajstić information content (AvgIpc) is 2.48. The molecular formula is C11H17NOS. The second-order valence-corrected chi connectivity index (χ2v) is 4.77. The maximum Gasteiger partial charge on any atom is 0.0897 e. The summed E-state index contributed by atoms with van der Waals surface area (Å²) in [6.45, 7) is 7.78. The van der Waals surface area contributed by atoms with E-state index in [2.05, 4.69) is 11.6 Å². The number of nitrogens with zero attached hydrogens (tertiary/aromatic N) is 1. The molecule has 1 rings (SSSR count). The molecule has 78 valence electrons. The summed E-state index contributed by atoms with van der Waals surface area (Å²) in [5.41, 5.74) is 2.13. The number of aromatic nitrogens is 1. The van der Waals surface area contributed by atoms with Gasteiger partial charge in [0.25, 0.3) is 0 Å². The number of aryl methyl sites for hydroxylation is 1. The van der Waals surface area contributed by atoms with Crippen LogP contribution < -0.4 is 0 Å². The summed E-state index contributed by atoms with van der Waals surface area (Å²) < 4.78 is 0.